The van der Waals surface area contributed by atoms with E-state index in [0.29, 0.717) is 39.9 Å². The van der Waals surface area contributed by atoms with Crippen molar-refractivity contribution in [3.05, 3.63) is 46.8 Å². The third-order valence-electron chi connectivity index (χ3n) is 5.18. The molecular formula is C22H27N3O6S. The summed E-state index contributed by atoms with van der Waals surface area (Å²) in [6, 6.07) is 6.35. The number of esters is 1. The van der Waals surface area contributed by atoms with Gasteiger partial charge in [0, 0.05) is 24.2 Å². The second-order valence-electron chi connectivity index (χ2n) is 7.26. The molecule has 0 radical (unpaired) electrons. The van der Waals surface area contributed by atoms with Crippen LogP contribution < -0.4 is 10.1 Å². The molecule has 32 heavy (non-hydrogen) atoms. The molecule has 1 aliphatic rings. The Labute approximate surface area is 190 Å². The van der Waals surface area contributed by atoms with Gasteiger partial charge < -0.3 is 29.4 Å². The van der Waals surface area contributed by atoms with E-state index in [2.05, 4.69) is 10.3 Å². The van der Waals surface area contributed by atoms with Crippen molar-refractivity contribution in [2.45, 2.75) is 19.9 Å². The number of carbonyl (C=O) groups excluding carboxylic acids is 3. The number of nitrogens with zero attached hydrogens (tertiary/aromatic N) is 1. The lowest BCUT2D eigenvalue weighted by atomic mass is 10.1. The molecule has 1 aromatic carbocycles. The molecule has 1 aromatic heterocycles. The van der Waals surface area contributed by atoms with Crippen molar-refractivity contribution in [3.8, 4) is 5.75 Å². The zero-order valence-electron chi connectivity index (χ0n) is 18.5. The van der Waals surface area contributed by atoms with Gasteiger partial charge >= 0.3 is 5.97 Å². The zero-order chi connectivity index (χ0) is 23.3. The number of amides is 2. The largest absolute Gasteiger partial charge is 0.497 e. The van der Waals surface area contributed by atoms with Crippen LogP contribution in [0.1, 0.15) is 32.1 Å². The Morgan fingerprint density at radius 2 is 1.88 bits per heavy atom. The van der Waals surface area contributed by atoms with Gasteiger partial charge in [0.2, 0.25) is 5.91 Å². The van der Waals surface area contributed by atoms with E-state index in [0.717, 1.165) is 0 Å². The van der Waals surface area contributed by atoms with Gasteiger partial charge in [-0.15, -0.1) is 11.8 Å². The maximum atomic E-state index is 13.3. The molecule has 10 heteroatoms. The molecule has 1 saturated heterocycles. The summed E-state index contributed by atoms with van der Waals surface area (Å²) >= 11 is 1.50. The maximum absolute atomic E-state index is 13.3. The van der Waals surface area contributed by atoms with Gasteiger partial charge in [-0.1, -0.05) is 0 Å². The lowest BCUT2D eigenvalue weighted by Crippen LogP contribution is -2.44. The highest BCUT2D eigenvalue weighted by molar-refractivity contribution is 7.99. The SMILES string of the molecule is COCCOC(=O)c1c(C)[nH]c(C(=O)N2CSCC2C(=O)Nc2ccc(OC)cc2)c1C. The third-order valence-corrected chi connectivity index (χ3v) is 6.19. The van der Waals surface area contributed by atoms with Crippen LogP contribution >= 0.6 is 11.8 Å². The van der Waals surface area contributed by atoms with Crippen LogP contribution in [0.15, 0.2) is 24.3 Å². The van der Waals surface area contributed by atoms with Crippen LogP contribution in [-0.4, -0.2) is 72.8 Å². The average molecular weight is 462 g/mol. The lowest BCUT2D eigenvalue weighted by molar-refractivity contribution is -0.119. The quantitative estimate of drug-likeness (QED) is 0.459. The number of methoxy groups -OCH3 is 2. The summed E-state index contributed by atoms with van der Waals surface area (Å²) in [6.45, 7) is 3.82. The first-order valence-electron chi connectivity index (χ1n) is 10.1. The van der Waals surface area contributed by atoms with Gasteiger partial charge in [-0.2, -0.15) is 0 Å². The first-order valence-corrected chi connectivity index (χ1v) is 11.2. The molecule has 0 saturated carbocycles. The summed E-state index contributed by atoms with van der Waals surface area (Å²) in [7, 11) is 3.09. The van der Waals surface area contributed by atoms with E-state index in [9.17, 15) is 14.4 Å². The number of hydrogen-bond acceptors (Lipinski definition) is 7. The highest BCUT2D eigenvalue weighted by Gasteiger charge is 2.37. The highest BCUT2D eigenvalue weighted by Crippen LogP contribution is 2.27. The molecular weight excluding hydrogens is 434 g/mol. The minimum Gasteiger partial charge on any atom is -0.497 e. The Morgan fingerprint density at radius 1 is 1.16 bits per heavy atom. The molecule has 9 nitrogen and oxygen atoms in total. The minimum atomic E-state index is -0.630. The standard InChI is InChI=1S/C22H27N3O6S/c1-13-18(22(28)31-10-9-29-3)14(2)23-19(13)21(27)25-12-32-11-17(25)20(26)24-15-5-7-16(30-4)8-6-15/h5-8,17,23H,9-12H2,1-4H3,(H,24,26). The molecule has 2 amide bonds. The Morgan fingerprint density at radius 3 is 2.53 bits per heavy atom. The summed E-state index contributed by atoms with van der Waals surface area (Å²) in [5.74, 6) is 0.431. The van der Waals surface area contributed by atoms with E-state index in [1.165, 1.54) is 23.8 Å². The van der Waals surface area contributed by atoms with Crippen molar-refractivity contribution in [2.75, 3.05) is 44.4 Å². The van der Waals surface area contributed by atoms with E-state index in [-0.39, 0.29) is 30.7 Å². The van der Waals surface area contributed by atoms with Crippen LogP contribution in [0, 0.1) is 13.8 Å². The van der Waals surface area contributed by atoms with Crippen molar-refractivity contribution in [1.29, 1.82) is 0 Å². The fourth-order valence-electron chi connectivity index (χ4n) is 3.46. The van der Waals surface area contributed by atoms with Crippen LogP contribution in [-0.2, 0) is 14.3 Å². The second-order valence-corrected chi connectivity index (χ2v) is 8.26. The smallest absolute Gasteiger partial charge is 0.340 e. The van der Waals surface area contributed by atoms with Crippen molar-refractivity contribution in [3.63, 3.8) is 0 Å². The average Bonchev–Trinajstić information content (AvgIpc) is 3.38. The fraction of sp³-hybridized carbons (Fsp3) is 0.409. The Kier molecular flexibility index (Phi) is 7.81. The van der Waals surface area contributed by atoms with Gasteiger partial charge in [0.25, 0.3) is 5.91 Å². The van der Waals surface area contributed by atoms with Gasteiger partial charge in [0.05, 0.1) is 25.2 Å². The number of aryl methyl sites for hydroxylation is 1. The van der Waals surface area contributed by atoms with E-state index in [1.807, 2.05) is 0 Å². The first-order chi connectivity index (χ1) is 15.4. The van der Waals surface area contributed by atoms with Crippen LogP contribution in [0.5, 0.6) is 5.75 Å². The summed E-state index contributed by atoms with van der Waals surface area (Å²) in [4.78, 5) is 43.1. The minimum absolute atomic E-state index is 0.124. The lowest BCUT2D eigenvalue weighted by Gasteiger charge is -2.23. The molecule has 172 valence electrons. The predicted molar refractivity (Wildman–Crippen MR) is 121 cm³/mol. The van der Waals surface area contributed by atoms with Crippen LogP contribution in [0.4, 0.5) is 5.69 Å². The number of benzene rings is 1. The number of anilines is 1. The summed E-state index contributed by atoms with van der Waals surface area (Å²) in [5.41, 5.74) is 2.27. The van der Waals surface area contributed by atoms with Gasteiger partial charge in [0.1, 0.15) is 24.1 Å². The molecule has 0 spiro atoms. The number of ether oxygens (including phenoxy) is 3. The number of thioether (sulfide) groups is 1. The van der Waals surface area contributed by atoms with E-state index >= 15 is 0 Å². The molecule has 2 aromatic rings. The van der Waals surface area contributed by atoms with Gasteiger partial charge in [-0.25, -0.2) is 4.79 Å². The number of hydrogen-bond donors (Lipinski definition) is 2. The molecule has 2 N–H and O–H groups in total. The monoisotopic (exact) mass is 461 g/mol. The highest BCUT2D eigenvalue weighted by atomic mass is 32.2. The number of H-pyrrole nitrogens is 1. The molecule has 1 atom stereocenters. The second kappa shape index (κ2) is 10.6. The number of aromatic amines is 1. The van der Waals surface area contributed by atoms with Gasteiger partial charge in [-0.05, 0) is 43.7 Å². The molecule has 0 bridgehead atoms. The van der Waals surface area contributed by atoms with E-state index < -0.39 is 12.0 Å². The van der Waals surface area contributed by atoms with Crippen LogP contribution in [0.2, 0.25) is 0 Å². The van der Waals surface area contributed by atoms with Gasteiger partial charge in [-0.3, -0.25) is 9.59 Å². The van der Waals surface area contributed by atoms with E-state index in [1.54, 1.807) is 45.2 Å². The first kappa shape index (κ1) is 23.7. The molecule has 1 fully saturated rings. The number of rotatable bonds is 8. The van der Waals surface area contributed by atoms with Crippen molar-refractivity contribution in [1.82, 2.24) is 9.88 Å². The molecule has 2 heterocycles. The van der Waals surface area contributed by atoms with Crippen molar-refractivity contribution >= 4 is 35.2 Å². The fourth-order valence-corrected chi connectivity index (χ4v) is 4.62. The summed E-state index contributed by atoms with van der Waals surface area (Å²) < 4.78 is 15.2. The Hall–Kier alpha value is -2.98. The molecule has 1 aliphatic heterocycles. The predicted octanol–water partition coefficient (Wildman–Crippen LogP) is 2.60. The number of aromatic nitrogens is 1. The normalized spacial score (nSPS) is 15.5. The van der Waals surface area contributed by atoms with Crippen molar-refractivity contribution in [2.24, 2.45) is 0 Å². The summed E-state index contributed by atoms with van der Waals surface area (Å²) in [6.07, 6.45) is 0. The van der Waals surface area contributed by atoms with E-state index in [4.69, 9.17) is 14.2 Å². The zero-order valence-corrected chi connectivity index (χ0v) is 19.3. The number of nitrogens with one attached hydrogen (secondary N) is 2. The van der Waals surface area contributed by atoms with Crippen molar-refractivity contribution < 1.29 is 28.6 Å². The Bertz CT molecular complexity index is 988. The van der Waals surface area contributed by atoms with Crippen LogP contribution in [0.25, 0.3) is 0 Å². The molecule has 1 unspecified atom stereocenters. The van der Waals surface area contributed by atoms with Gasteiger partial charge in [0.15, 0.2) is 0 Å². The molecule has 3 rings (SSSR count). The summed E-state index contributed by atoms with van der Waals surface area (Å²) in [5, 5.41) is 2.85. The third kappa shape index (κ3) is 5.08. The van der Waals surface area contributed by atoms with Crippen LogP contribution in [0.3, 0.4) is 0 Å². The maximum Gasteiger partial charge on any atom is 0.340 e. The number of carbonyl (C=O) groups is 3. The Balaban J connectivity index is 1.74. The topological polar surface area (TPSA) is 110 Å². The molecule has 0 aliphatic carbocycles.